The maximum absolute atomic E-state index is 14.9. The van der Waals surface area contributed by atoms with Crippen molar-refractivity contribution in [1.82, 2.24) is 30.2 Å². The smallest absolute Gasteiger partial charge is 0.438 e. The van der Waals surface area contributed by atoms with E-state index >= 15 is 0 Å². The van der Waals surface area contributed by atoms with E-state index < -0.39 is 117 Å². The third kappa shape index (κ3) is 10.1. The maximum atomic E-state index is 14.9. The number of halogens is 6. The number of sulfonamides is 1. The van der Waals surface area contributed by atoms with E-state index in [-0.39, 0.29) is 48.6 Å². The monoisotopic (exact) mass is 918 g/mol. The van der Waals surface area contributed by atoms with Crippen molar-refractivity contribution >= 4 is 44.9 Å². The van der Waals surface area contributed by atoms with Gasteiger partial charge in [-0.1, -0.05) is 32.4 Å². The lowest BCUT2D eigenvalue weighted by Gasteiger charge is -2.35. The lowest BCUT2D eigenvalue weighted by atomic mass is 9.85. The van der Waals surface area contributed by atoms with Gasteiger partial charge >= 0.3 is 18.4 Å². The van der Waals surface area contributed by atoms with Gasteiger partial charge in [-0.2, -0.15) is 26.3 Å². The first-order valence-electron chi connectivity index (χ1n) is 20.8. The lowest BCUT2D eigenvalue weighted by Crippen LogP contribution is -2.60. The molecule has 2 aliphatic heterocycles. The molecule has 0 spiro atoms. The summed E-state index contributed by atoms with van der Waals surface area (Å²) in [5, 5.41) is 4.95. The van der Waals surface area contributed by atoms with Gasteiger partial charge in [0.05, 0.1) is 28.9 Å². The number of nitrogens with one attached hydrogen (secondary N) is 3. The highest BCUT2D eigenvalue weighted by atomic mass is 32.2. The highest BCUT2D eigenvalue weighted by Crippen LogP contribution is 2.48. The SMILES string of the molecule is CCOc1ccc2nc(C(F)(F)F)c(O[C@@H]3C[C@H]4C(=O)N[C@]5(C(=O)NS(=O)(=O)C6(C)CC6)CC5/C=C\CC[C@@H](C)C[C@@H](CC)[C@H](NC(=O)OC(C)(C)C(F)(F)F)C(=O)N4C3)nc2c1. The summed E-state index contributed by atoms with van der Waals surface area (Å²) in [6.45, 7) is 7.61. The topological polar surface area (TPSA) is 195 Å². The Morgan fingerprint density at radius 1 is 1.03 bits per heavy atom. The highest BCUT2D eigenvalue weighted by molar-refractivity contribution is 7.91. The number of rotatable bonds is 10. The van der Waals surface area contributed by atoms with Gasteiger partial charge in [-0.25, -0.2) is 23.2 Å². The minimum Gasteiger partial charge on any atom is -0.494 e. The molecule has 4 amide bonds. The van der Waals surface area contributed by atoms with E-state index in [0.29, 0.717) is 39.5 Å². The molecule has 3 heterocycles. The van der Waals surface area contributed by atoms with Crippen LogP contribution in [0.1, 0.15) is 98.6 Å². The van der Waals surface area contributed by atoms with Crippen molar-refractivity contribution in [2.45, 2.75) is 139 Å². The zero-order valence-electron chi connectivity index (χ0n) is 35.6. The van der Waals surface area contributed by atoms with Crippen LogP contribution in [0.4, 0.5) is 31.1 Å². The van der Waals surface area contributed by atoms with Crippen LogP contribution in [0.3, 0.4) is 0 Å². The van der Waals surface area contributed by atoms with E-state index in [1.807, 2.05) is 6.92 Å². The first-order chi connectivity index (χ1) is 29.2. The number of nitrogens with zero attached hydrogens (tertiary/aromatic N) is 3. The van der Waals surface area contributed by atoms with Gasteiger partial charge in [0.2, 0.25) is 39.0 Å². The Bertz CT molecular complexity index is 2250. The third-order valence-electron chi connectivity index (χ3n) is 12.4. The first kappa shape index (κ1) is 47.6. The second kappa shape index (κ2) is 17.2. The molecule has 3 fully saturated rings. The molecule has 0 radical (unpaired) electrons. The Kier molecular flexibility index (Phi) is 13.0. The van der Waals surface area contributed by atoms with Crippen molar-refractivity contribution in [3.63, 3.8) is 0 Å². The van der Waals surface area contributed by atoms with Crippen LogP contribution < -0.4 is 24.8 Å². The summed E-state index contributed by atoms with van der Waals surface area (Å²) in [4.78, 5) is 65.4. The molecule has 7 atom stereocenters. The molecular formula is C41H52F6N6O9S. The average molecular weight is 919 g/mol. The summed E-state index contributed by atoms with van der Waals surface area (Å²) in [6, 6.07) is 0.793. The zero-order valence-corrected chi connectivity index (χ0v) is 36.4. The molecule has 3 N–H and O–H groups in total. The fourth-order valence-corrected chi connectivity index (χ4v) is 9.27. The van der Waals surface area contributed by atoms with Gasteiger partial charge in [-0.3, -0.25) is 19.1 Å². The summed E-state index contributed by atoms with van der Waals surface area (Å²) in [5.41, 5.74) is -6.49. The van der Waals surface area contributed by atoms with Crippen molar-refractivity contribution in [2.24, 2.45) is 17.8 Å². The van der Waals surface area contributed by atoms with Gasteiger partial charge in [0, 0.05) is 18.4 Å². The van der Waals surface area contributed by atoms with Gasteiger partial charge in [0.25, 0.3) is 5.91 Å². The predicted molar refractivity (Wildman–Crippen MR) is 213 cm³/mol. The van der Waals surface area contributed by atoms with Crippen LogP contribution in [0.2, 0.25) is 0 Å². The van der Waals surface area contributed by atoms with Crippen LogP contribution >= 0.6 is 0 Å². The normalized spacial score (nSPS) is 28.3. The number of allylic oxidation sites excluding steroid dienone is 1. The number of hydrogen-bond donors (Lipinski definition) is 3. The number of carbonyl (C=O) groups is 4. The molecule has 22 heteroatoms. The van der Waals surface area contributed by atoms with Crippen molar-refractivity contribution in [2.75, 3.05) is 13.2 Å². The number of alkyl halides is 6. The number of amides is 4. The number of carbonyl (C=O) groups excluding carboxylic acids is 4. The maximum Gasteiger partial charge on any atom is 0.438 e. The molecular weight excluding hydrogens is 867 g/mol. The van der Waals surface area contributed by atoms with Crippen LogP contribution in [0.25, 0.3) is 11.0 Å². The van der Waals surface area contributed by atoms with E-state index in [9.17, 15) is 53.9 Å². The highest BCUT2D eigenvalue weighted by Gasteiger charge is 2.63. The average Bonchev–Trinajstić information content (AvgIpc) is 4.06. The molecule has 1 aromatic heterocycles. The molecule has 0 bridgehead atoms. The van der Waals surface area contributed by atoms with Crippen molar-refractivity contribution in [3.05, 3.63) is 36.0 Å². The molecule has 2 aliphatic carbocycles. The van der Waals surface area contributed by atoms with Crippen LogP contribution in [0.5, 0.6) is 11.6 Å². The molecule has 348 valence electrons. The fraction of sp³-hybridized carbons (Fsp3) is 0.659. The summed E-state index contributed by atoms with van der Waals surface area (Å²) in [6.07, 6.45) is -8.13. The Labute approximate surface area is 360 Å². The van der Waals surface area contributed by atoms with E-state index in [1.54, 1.807) is 26.0 Å². The second-order valence-electron chi connectivity index (χ2n) is 17.6. The van der Waals surface area contributed by atoms with Gasteiger partial charge in [0.1, 0.15) is 29.5 Å². The van der Waals surface area contributed by atoms with Crippen molar-refractivity contribution in [3.8, 4) is 11.6 Å². The minimum atomic E-state index is -5.10. The summed E-state index contributed by atoms with van der Waals surface area (Å²) in [7, 11) is -4.19. The van der Waals surface area contributed by atoms with Gasteiger partial charge < -0.3 is 29.7 Å². The summed E-state index contributed by atoms with van der Waals surface area (Å²) < 4.78 is 129. The van der Waals surface area contributed by atoms with E-state index in [1.165, 1.54) is 25.1 Å². The molecule has 2 saturated carbocycles. The van der Waals surface area contributed by atoms with Crippen LogP contribution in [0, 0.1) is 17.8 Å². The molecule has 1 saturated heterocycles. The summed E-state index contributed by atoms with van der Waals surface area (Å²) >= 11 is 0. The zero-order chi connectivity index (χ0) is 46.5. The van der Waals surface area contributed by atoms with Gasteiger partial charge in [-0.05, 0) is 90.2 Å². The minimum absolute atomic E-state index is 0.0300. The second-order valence-corrected chi connectivity index (χ2v) is 19.8. The third-order valence-corrected chi connectivity index (χ3v) is 14.5. The molecule has 6 rings (SSSR count). The number of aromatic nitrogens is 2. The standard InChI is InChI=1S/C41H52F6N6O9S/c1-7-23-17-22(3)11-9-10-12-24-20-39(24,35(56)52-63(58,59)38(6)15-16-38)51-32(54)29-19-26(21-53(29)34(55)30(23)50-36(57)62-37(4,5)41(45,46)47)61-33-31(40(42,43)44)48-27-14-13-25(60-8-2)18-28(27)49-33/h10,12-14,18,22-24,26,29-30H,7-9,11,15-17,19-21H2,1-6H3,(H,50,57)(H,51,54)(H,52,56)/b12-10-/t22-,23-,24?,26-,29+,30+,39-/m1/s1. The van der Waals surface area contributed by atoms with Gasteiger partial charge in [-0.15, -0.1) is 0 Å². The van der Waals surface area contributed by atoms with Crippen molar-refractivity contribution < 1.29 is 68.1 Å². The molecule has 1 unspecified atom stereocenters. The summed E-state index contributed by atoms with van der Waals surface area (Å²) in [5.74, 6) is -5.32. The van der Waals surface area contributed by atoms with E-state index in [2.05, 4.69) is 25.3 Å². The Balaban J connectivity index is 1.40. The van der Waals surface area contributed by atoms with E-state index in [4.69, 9.17) is 14.2 Å². The molecule has 15 nitrogen and oxygen atoms in total. The van der Waals surface area contributed by atoms with E-state index in [0.717, 1.165) is 4.90 Å². The van der Waals surface area contributed by atoms with Crippen LogP contribution in [0.15, 0.2) is 30.4 Å². The fourth-order valence-electron chi connectivity index (χ4n) is 7.96. The van der Waals surface area contributed by atoms with Crippen molar-refractivity contribution in [1.29, 1.82) is 0 Å². The number of fused-ring (bicyclic) bond motifs is 3. The van der Waals surface area contributed by atoms with Gasteiger partial charge in [0.15, 0.2) is 0 Å². The predicted octanol–water partition coefficient (Wildman–Crippen LogP) is 6.11. The molecule has 63 heavy (non-hydrogen) atoms. The quantitative estimate of drug-likeness (QED) is 0.184. The Hall–Kier alpha value is -4.89. The Morgan fingerprint density at radius 2 is 1.73 bits per heavy atom. The Morgan fingerprint density at radius 3 is 2.35 bits per heavy atom. The lowest BCUT2D eigenvalue weighted by molar-refractivity contribution is -0.244. The number of ether oxygens (including phenoxy) is 3. The van der Waals surface area contributed by atoms with Crippen LogP contribution in [-0.4, -0.2) is 101 Å². The number of alkyl carbamates (subject to hydrolysis) is 1. The molecule has 1 aromatic carbocycles. The number of benzene rings is 1. The first-order valence-corrected chi connectivity index (χ1v) is 22.3. The largest absolute Gasteiger partial charge is 0.494 e. The van der Waals surface area contributed by atoms with Crippen LogP contribution in [-0.2, 0) is 35.3 Å². The number of hydrogen-bond acceptors (Lipinski definition) is 11. The molecule has 2 aromatic rings. The molecule has 4 aliphatic rings.